The van der Waals surface area contributed by atoms with E-state index in [2.05, 4.69) is 5.32 Å². The molecule has 0 bridgehead atoms. The maximum atomic E-state index is 11.7. The molecule has 1 aliphatic heterocycles. The molecule has 1 aromatic rings. The highest BCUT2D eigenvalue weighted by Crippen LogP contribution is 2.29. The smallest absolute Gasteiger partial charge is 0.335 e. The minimum atomic E-state index is -0.910. The predicted octanol–water partition coefficient (Wildman–Crippen LogP) is 1.90. The molecule has 5 heteroatoms. The van der Waals surface area contributed by atoms with Gasteiger partial charge >= 0.3 is 12.0 Å². The molecule has 2 rings (SSSR count). The standard InChI is InChI=1S/C14H18N2O3/c1-2-15-14(19)16-8-7-10(9-16)11-5-3-4-6-12(11)13(17)18/h3-6,10H,2,7-9H2,1H3,(H,15,19)(H,17,18)/t10-/m1/s1. The summed E-state index contributed by atoms with van der Waals surface area (Å²) in [7, 11) is 0. The number of benzene rings is 1. The number of carbonyl (C=O) groups is 2. The van der Waals surface area contributed by atoms with Gasteiger partial charge in [0.15, 0.2) is 0 Å². The van der Waals surface area contributed by atoms with Gasteiger partial charge in [0, 0.05) is 25.6 Å². The quantitative estimate of drug-likeness (QED) is 0.874. The van der Waals surface area contributed by atoms with Crippen molar-refractivity contribution in [1.82, 2.24) is 10.2 Å². The number of carbonyl (C=O) groups excluding carboxylic acids is 1. The van der Waals surface area contributed by atoms with E-state index in [1.54, 1.807) is 17.0 Å². The van der Waals surface area contributed by atoms with E-state index >= 15 is 0 Å². The minimum absolute atomic E-state index is 0.0715. The maximum absolute atomic E-state index is 11.7. The van der Waals surface area contributed by atoms with Crippen LogP contribution in [0.5, 0.6) is 0 Å². The van der Waals surface area contributed by atoms with Gasteiger partial charge < -0.3 is 15.3 Å². The number of urea groups is 1. The van der Waals surface area contributed by atoms with Crippen molar-refractivity contribution in [3.63, 3.8) is 0 Å². The molecule has 2 N–H and O–H groups in total. The first-order valence-electron chi connectivity index (χ1n) is 6.48. The average molecular weight is 262 g/mol. The largest absolute Gasteiger partial charge is 0.478 e. The Morgan fingerprint density at radius 3 is 2.84 bits per heavy atom. The van der Waals surface area contributed by atoms with Crippen LogP contribution in [-0.4, -0.2) is 41.6 Å². The van der Waals surface area contributed by atoms with Crippen LogP contribution in [0.4, 0.5) is 4.79 Å². The maximum Gasteiger partial charge on any atom is 0.335 e. The number of nitrogens with zero attached hydrogens (tertiary/aromatic N) is 1. The molecule has 1 atom stereocenters. The number of aromatic carboxylic acids is 1. The molecule has 0 saturated carbocycles. The molecule has 0 radical (unpaired) electrons. The number of hydrogen-bond acceptors (Lipinski definition) is 2. The van der Waals surface area contributed by atoms with Crippen molar-refractivity contribution < 1.29 is 14.7 Å². The number of carboxylic acid groups (broad SMARTS) is 1. The van der Waals surface area contributed by atoms with E-state index in [1.807, 2.05) is 19.1 Å². The third kappa shape index (κ3) is 2.86. The number of likely N-dealkylation sites (tertiary alicyclic amines) is 1. The second kappa shape index (κ2) is 5.73. The highest BCUT2D eigenvalue weighted by Gasteiger charge is 2.29. The molecule has 102 valence electrons. The molecule has 0 aliphatic carbocycles. The Balaban J connectivity index is 2.13. The molecule has 2 amide bonds. The van der Waals surface area contributed by atoms with Gasteiger partial charge in [-0.3, -0.25) is 0 Å². The zero-order valence-electron chi connectivity index (χ0n) is 10.9. The van der Waals surface area contributed by atoms with Crippen molar-refractivity contribution in [1.29, 1.82) is 0 Å². The van der Waals surface area contributed by atoms with E-state index in [9.17, 15) is 14.7 Å². The van der Waals surface area contributed by atoms with Crippen molar-refractivity contribution in [3.05, 3.63) is 35.4 Å². The molecule has 0 unspecified atom stereocenters. The zero-order valence-corrected chi connectivity index (χ0v) is 10.9. The second-order valence-corrected chi connectivity index (χ2v) is 4.66. The Hall–Kier alpha value is -2.04. The topological polar surface area (TPSA) is 69.6 Å². The van der Waals surface area contributed by atoms with Gasteiger partial charge in [-0.2, -0.15) is 0 Å². The van der Waals surface area contributed by atoms with Crippen molar-refractivity contribution in [2.75, 3.05) is 19.6 Å². The lowest BCUT2D eigenvalue weighted by Gasteiger charge is -2.17. The van der Waals surface area contributed by atoms with Crippen LogP contribution >= 0.6 is 0 Å². The van der Waals surface area contributed by atoms with Crippen LogP contribution in [0.3, 0.4) is 0 Å². The number of hydrogen-bond donors (Lipinski definition) is 2. The summed E-state index contributed by atoms with van der Waals surface area (Å²) in [5.41, 5.74) is 1.16. The Labute approximate surface area is 112 Å². The highest BCUT2D eigenvalue weighted by atomic mass is 16.4. The predicted molar refractivity (Wildman–Crippen MR) is 71.4 cm³/mol. The van der Waals surface area contributed by atoms with E-state index in [0.29, 0.717) is 25.2 Å². The Kier molecular flexibility index (Phi) is 4.04. The summed E-state index contributed by atoms with van der Waals surface area (Å²) >= 11 is 0. The average Bonchev–Trinajstić information content (AvgIpc) is 2.88. The van der Waals surface area contributed by atoms with E-state index in [1.165, 1.54) is 0 Å². The van der Waals surface area contributed by atoms with Crippen LogP contribution < -0.4 is 5.32 Å². The van der Waals surface area contributed by atoms with Crippen LogP contribution in [-0.2, 0) is 0 Å². The van der Waals surface area contributed by atoms with E-state index in [0.717, 1.165) is 12.0 Å². The third-order valence-electron chi connectivity index (χ3n) is 3.43. The summed E-state index contributed by atoms with van der Waals surface area (Å²) in [5, 5.41) is 12.0. The van der Waals surface area contributed by atoms with Crippen LogP contribution in [0, 0.1) is 0 Å². The molecule has 1 heterocycles. The molecule has 1 fully saturated rings. The Morgan fingerprint density at radius 2 is 2.16 bits per heavy atom. The first kappa shape index (κ1) is 13.4. The molecular formula is C14H18N2O3. The van der Waals surface area contributed by atoms with Gasteiger partial charge in [-0.15, -0.1) is 0 Å². The van der Waals surface area contributed by atoms with Crippen LogP contribution in [0.25, 0.3) is 0 Å². The molecule has 0 spiro atoms. The van der Waals surface area contributed by atoms with Crippen molar-refractivity contribution >= 4 is 12.0 Å². The summed E-state index contributed by atoms with van der Waals surface area (Å²) in [5.74, 6) is -0.804. The number of carboxylic acids is 1. The van der Waals surface area contributed by atoms with E-state index in [-0.39, 0.29) is 11.9 Å². The summed E-state index contributed by atoms with van der Waals surface area (Å²) in [6, 6.07) is 6.96. The molecule has 1 aliphatic rings. The SMILES string of the molecule is CCNC(=O)N1CC[C@@H](c2ccccc2C(=O)O)C1. The summed E-state index contributed by atoms with van der Waals surface area (Å²) in [6.07, 6.45) is 0.807. The number of rotatable bonds is 3. The van der Waals surface area contributed by atoms with Crippen LogP contribution in [0.15, 0.2) is 24.3 Å². The van der Waals surface area contributed by atoms with Crippen LogP contribution in [0.1, 0.15) is 35.2 Å². The number of amides is 2. The zero-order chi connectivity index (χ0) is 13.8. The fourth-order valence-electron chi connectivity index (χ4n) is 2.51. The van der Waals surface area contributed by atoms with Crippen LogP contribution in [0.2, 0.25) is 0 Å². The fraction of sp³-hybridized carbons (Fsp3) is 0.429. The first-order valence-corrected chi connectivity index (χ1v) is 6.48. The number of nitrogens with one attached hydrogen (secondary N) is 1. The molecule has 1 saturated heterocycles. The monoisotopic (exact) mass is 262 g/mol. The Morgan fingerprint density at radius 1 is 1.42 bits per heavy atom. The van der Waals surface area contributed by atoms with Gasteiger partial charge in [0.1, 0.15) is 0 Å². The van der Waals surface area contributed by atoms with Crippen molar-refractivity contribution in [3.8, 4) is 0 Å². The lowest BCUT2D eigenvalue weighted by Crippen LogP contribution is -2.38. The van der Waals surface area contributed by atoms with Gasteiger partial charge in [-0.25, -0.2) is 9.59 Å². The molecule has 19 heavy (non-hydrogen) atoms. The summed E-state index contributed by atoms with van der Waals surface area (Å²) in [6.45, 7) is 3.73. The van der Waals surface area contributed by atoms with Gasteiger partial charge in [0.25, 0.3) is 0 Å². The molecule has 5 nitrogen and oxygen atoms in total. The third-order valence-corrected chi connectivity index (χ3v) is 3.43. The lowest BCUT2D eigenvalue weighted by molar-refractivity contribution is 0.0695. The van der Waals surface area contributed by atoms with Gasteiger partial charge in [0.05, 0.1) is 5.56 Å². The van der Waals surface area contributed by atoms with Crippen molar-refractivity contribution in [2.24, 2.45) is 0 Å². The summed E-state index contributed by atoms with van der Waals surface area (Å²) < 4.78 is 0. The Bertz CT molecular complexity index is 487. The highest BCUT2D eigenvalue weighted by molar-refractivity contribution is 5.89. The summed E-state index contributed by atoms with van der Waals surface area (Å²) in [4.78, 5) is 24.7. The fourth-order valence-corrected chi connectivity index (χ4v) is 2.51. The minimum Gasteiger partial charge on any atom is -0.478 e. The molecule has 1 aromatic carbocycles. The van der Waals surface area contributed by atoms with E-state index in [4.69, 9.17) is 0 Å². The lowest BCUT2D eigenvalue weighted by atomic mass is 9.93. The van der Waals surface area contributed by atoms with Gasteiger partial charge in [-0.1, -0.05) is 18.2 Å². The molecular weight excluding hydrogens is 244 g/mol. The second-order valence-electron chi connectivity index (χ2n) is 4.66. The van der Waals surface area contributed by atoms with Crippen molar-refractivity contribution in [2.45, 2.75) is 19.3 Å². The first-order chi connectivity index (χ1) is 9.13. The van der Waals surface area contributed by atoms with E-state index < -0.39 is 5.97 Å². The normalized spacial score (nSPS) is 18.4. The van der Waals surface area contributed by atoms with Gasteiger partial charge in [-0.05, 0) is 25.0 Å². The van der Waals surface area contributed by atoms with Gasteiger partial charge in [0.2, 0.25) is 0 Å². The molecule has 0 aromatic heterocycles.